The van der Waals surface area contributed by atoms with E-state index in [0.717, 1.165) is 31.4 Å². The van der Waals surface area contributed by atoms with E-state index in [9.17, 15) is 4.79 Å². The van der Waals surface area contributed by atoms with Crippen LogP contribution in [-0.2, 0) is 0 Å². The summed E-state index contributed by atoms with van der Waals surface area (Å²) in [5.74, 6) is 2.65. The Kier molecular flexibility index (Phi) is 4.06. The molecule has 3 fully saturated rings. The fourth-order valence-corrected chi connectivity index (χ4v) is 3.19. The molecule has 1 N–H and O–H groups in total. The lowest BCUT2D eigenvalue weighted by Crippen LogP contribution is -2.31. The van der Waals surface area contributed by atoms with E-state index in [2.05, 4.69) is 25.4 Å². The number of carbonyl (C=O) groups excluding carboxylic acids is 1. The van der Waals surface area contributed by atoms with Gasteiger partial charge in [0.1, 0.15) is 11.4 Å². The fraction of sp³-hybridized carbons (Fsp3) is 0.632. The molecular weight excluding hydrogens is 346 g/mol. The van der Waals surface area contributed by atoms with Gasteiger partial charge in [-0.15, -0.1) is 0 Å². The van der Waals surface area contributed by atoms with E-state index in [0.29, 0.717) is 42.0 Å². The van der Waals surface area contributed by atoms with Gasteiger partial charge in [-0.1, -0.05) is 5.16 Å². The molecule has 3 aliphatic rings. The Bertz CT molecular complexity index is 855. The highest BCUT2D eigenvalue weighted by Crippen LogP contribution is 2.43. The maximum Gasteiger partial charge on any atom is 0.272 e. The van der Waals surface area contributed by atoms with E-state index in [-0.39, 0.29) is 17.6 Å². The van der Waals surface area contributed by atoms with Crippen molar-refractivity contribution < 1.29 is 14.1 Å². The first-order valence-corrected chi connectivity index (χ1v) is 9.78. The van der Waals surface area contributed by atoms with Crippen LogP contribution in [0.1, 0.15) is 78.4 Å². The minimum atomic E-state index is -0.277. The van der Waals surface area contributed by atoms with Gasteiger partial charge in [0.25, 0.3) is 5.91 Å². The van der Waals surface area contributed by atoms with E-state index >= 15 is 0 Å². The molecule has 27 heavy (non-hydrogen) atoms. The monoisotopic (exact) mass is 369 g/mol. The molecule has 8 nitrogen and oxygen atoms in total. The number of aromatic nitrogens is 4. The van der Waals surface area contributed by atoms with Crippen molar-refractivity contribution in [3.63, 3.8) is 0 Å². The number of aryl methyl sites for hydroxylation is 1. The van der Waals surface area contributed by atoms with Crippen molar-refractivity contribution in [3.05, 3.63) is 29.3 Å². The number of nitrogens with zero attached hydrogens (tertiary/aromatic N) is 4. The van der Waals surface area contributed by atoms with Crippen LogP contribution in [0.2, 0.25) is 0 Å². The third-order valence-electron chi connectivity index (χ3n) is 5.32. The highest BCUT2D eigenvalue weighted by molar-refractivity contribution is 5.92. The van der Waals surface area contributed by atoms with Crippen LogP contribution < -0.4 is 10.1 Å². The molecule has 8 heteroatoms. The molecule has 0 aromatic carbocycles. The van der Waals surface area contributed by atoms with Crippen LogP contribution in [0.15, 0.2) is 10.7 Å². The van der Waals surface area contributed by atoms with Gasteiger partial charge in [0.2, 0.25) is 11.8 Å². The largest absolute Gasteiger partial charge is 0.476 e. The second-order valence-electron chi connectivity index (χ2n) is 7.93. The van der Waals surface area contributed by atoms with Crippen LogP contribution in [0, 0.1) is 18.8 Å². The number of hydrogen-bond acceptors (Lipinski definition) is 7. The molecular formula is C19H23N5O3. The molecule has 0 radical (unpaired) electrons. The summed E-state index contributed by atoms with van der Waals surface area (Å²) >= 11 is 0. The van der Waals surface area contributed by atoms with Crippen molar-refractivity contribution in [3.8, 4) is 5.88 Å². The van der Waals surface area contributed by atoms with Crippen molar-refractivity contribution in [1.82, 2.24) is 25.4 Å². The zero-order valence-corrected chi connectivity index (χ0v) is 15.4. The minimum Gasteiger partial charge on any atom is -0.476 e. The maximum atomic E-state index is 12.8. The smallest absolute Gasteiger partial charge is 0.272 e. The molecule has 2 heterocycles. The first-order chi connectivity index (χ1) is 13.2. The number of hydrogen-bond donors (Lipinski definition) is 1. The Hall–Kier alpha value is -2.51. The van der Waals surface area contributed by atoms with E-state index in [1.807, 2.05) is 0 Å². The number of ether oxygens (including phenoxy) is 1. The van der Waals surface area contributed by atoms with Crippen LogP contribution in [0.4, 0.5) is 0 Å². The van der Waals surface area contributed by atoms with Gasteiger partial charge >= 0.3 is 0 Å². The van der Waals surface area contributed by atoms with E-state index in [4.69, 9.17) is 9.26 Å². The first-order valence-electron chi connectivity index (χ1n) is 9.78. The summed E-state index contributed by atoms with van der Waals surface area (Å²) in [6, 6.07) is -0.254. The van der Waals surface area contributed by atoms with Gasteiger partial charge in [-0.05, 0) is 50.4 Å². The van der Waals surface area contributed by atoms with Crippen LogP contribution in [0.25, 0.3) is 0 Å². The van der Waals surface area contributed by atoms with Crippen molar-refractivity contribution >= 4 is 5.91 Å². The Morgan fingerprint density at radius 2 is 2.07 bits per heavy atom. The van der Waals surface area contributed by atoms with Gasteiger partial charge in [-0.2, -0.15) is 4.98 Å². The summed E-state index contributed by atoms with van der Waals surface area (Å²) in [6.45, 7) is 2.40. The van der Waals surface area contributed by atoms with E-state index < -0.39 is 0 Å². The minimum absolute atomic E-state index is 0.254. The van der Waals surface area contributed by atoms with E-state index in [1.165, 1.54) is 12.8 Å². The standard InChI is InChI=1S/C19H23N5O3/c1-10-21-17(24-27-10)15(12-4-5-12)23-18(25)14-8-20-16(13-6-7-13)19(22-14)26-9-11-2-3-11/h8,11-13,15H,2-7,9H2,1H3,(H,23,25)/t15-/m0/s1. The Morgan fingerprint density at radius 3 is 2.70 bits per heavy atom. The number of rotatable bonds is 8. The summed E-state index contributed by atoms with van der Waals surface area (Å²) in [4.78, 5) is 26.1. The lowest BCUT2D eigenvalue weighted by Gasteiger charge is -2.15. The SMILES string of the molecule is Cc1nc([C@@H](NC(=O)c2cnc(C3CC3)c(OCC3CC3)n2)C2CC2)no1. The number of nitrogens with one attached hydrogen (secondary N) is 1. The molecule has 1 amide bonds. The topological polar surface area (TPSA) is 103 Å². The van der Waals surface area contributed by atoms with E-state index in [1.54, 1.807) is 13.1 Å². The molecule has 0 bridgehead atoms. The quantitative estimate of drug-likeness (QED) is 0.763. The summed E-state index contributed by atoms with van der Waals surface area (Å²) in [7, 11) is 0. The Balaban J connectivity index is 1.34. The number of amides is 1. The van der Waals surface area contributed by atoms with Crippen LogP contribution in [-0.4, -0.2) is 32.6 Å². The van der Waals surface area contributed by atoms with Crippen molar-refractivity contribution in [2.75, 3.05) is 6.61 Å². The molecule has 3 saturated carbocycles. The molecule has 2 aromatic heterocycles. The number of carbonyl (C=O) groups is 1. The van der Waals surface area contributed by atoms with Crippen molar-refractivity contribution in [1.29, 1.82) is 0 Å². The van der Waals surface area contributed by atoms with Gasteiger partial charge in [0.15, 0.2) is 5.82 Å². The Morgan fingerprint density at radius 1 is 1.26 bits per heavy atom. The Labute approximate surface area is 157 Å². The van der Waals surface area contributed by atoms with Crippen LogP contribution in [0.5, 0.6) is 5.88 Å². The molecule has 3 aliphatic carbocycles. The summed E-state index contributed by atoms with van der Waals surface area (Å²) in [5, 5.41) is 6.99. The summed E-state index contributed by atoms with van der Waals surface area (Å²) in [5.41, 5.74) is 1.16. The fourth-order valence-electron chi connectivity index (χ4n) is 3.19. The lowest BCUT2D eigenvalue weighted by atomic mass is 10.1. The highest BCUT2D eigenvalue weighted by Gasteiger charge is 2.37. The summed E-state index contributed by atoms with van der Waals surface area (Å²) in [6.07, 6.45) is 8.28. The second kappa shape index (κ2) is 6.58. The van der Waals surface area contributed by atoms with Crippen molar-refractivity contribution in [2.24, 2.45) is 11.8 Å². The van der Waals surface area contributed by atoms with Gasteiger partial charge in [0, 0.05) is 12.8 Å². The molecule has 0 unspecified atom stereocenters. The molecule has 0 spiro atoms. The molecule has 1 atom stereocenters. The predicted octanol–water partition coefficient (Wildman–Crippen LogP) is 2.72. The van der Waals surface area contributed by atoms with Crippen LogP contribution >= 0.6 is 0 Å². The average Bonchev–Trinajstić information content (AvgIpc) is 3.54. The van der Waals surface area contributed by atoms with Gasteiger partial charge in [-0.25, -0.2) is 4.98 Å². The molecule has 0 saturated heterocycles. The predicted molar refractivity (Wildman–Crippen MR) is 94.2 cm³/mol. The second-order valence-corrected chi connectivity index (χ2v) is 7.93. The van der Waals surface area contributed by atoms with Crippen molar-refractivity contribution in [2.45, 2.75) is 57.4 Å². The van der Waals surface area contributed by atoms with Crippen LogP contribution in [0.3, 0.4) is 0 Å². The average molecular weight is 369 g/mol. The van der Waals surface area contributed by atoms with Gasteiger partial charge < -0.3 is 14.6 Å². The van der Waals surface area contributed by atoms with Gasteiger partial charge in [0.05, 0.1) is 18.8 Å². The first kappa shape index (κ1) is 16.6. The molecule has 142 valence electrons. The molecule has 2 aromatic rings. The highest BCUT2D eigenvalue weighted by atomic mass is 16.5. The third kappa shape index (κ3) is 3.79. The van der Waals surface area contributed by atoms with Gasteiger partial charge in [-0.3, -0.25) is 9.78 Å². The lowest BCUT2D eigenvalue weighted by molar-refractivity contribution is 0.0922. The summed E-state index contributed by atoms with van der Waals surface area (Å²) < 4.78 is 11.0. The third-order valence-corrected chi connectivity index (χ3v) is 5.32. The molecule has 0 aliphatic heterocycles. The molecule has 5 rings (SSSR count). The maximum absolute atomic E-state index is 12.8. The zero-order chi connectivity index (χ0) is 18.4. The zero-order valence-electron chi connectivity index (χ0n) is 15.4. The normalized spacial score (nSPS) is 20.3.